The van der Waals surface area contributed by atoms with Crippen LogP contribution in [-0.4, -0.2) is 20.7 Å². The molecule has 0 aliphatic heterocycles. The molecule has 19 heavy (non-hydrogen) atoms. The van der Waals surface area contributed by atoms with E-state index in [4.69, 9.17) is 4.43 Å². The minimum absolute atomic E-state index is 0.0910. The van der Waals surface area contributed by atoms with Crippen LogP contribution in [0, 0.1) is 5.92 Å². The summed E-state index contributed by atoms with van der Waals surface area (Å²) in [6.07, 6.45) is 4.46. The zero-order valence-corrected chi connectivity index (χ0v) is 14.5. The molecule has 0 radical (unpaired) electrons. The van der Waals surface area contributed by atoms with E-state index in [1.807, 2.05) is 13.0 Å². The van der Waals surface area contributed by atoms with Gasteiger partial charge < -0.3 is 9.22 Å². The lowest BCUT2D eigenvalue weighted by Gasteiger charge is -2.39. The minimum Gasteiger partial charge on any atom is -0.413 e. The lowest BCUT2D eigenvalue weighted by molar-refractivity contribution is -0.109. The van der Waals surface area contributed by atoms with Gasteiger partial charge in [-0.3, -0.25) is 0 Å². The Kier molecular flexibility index (Phi) is 6.95. The van der Waals surface area contributed by atoms with Gasteiger partial charge in [-0.2, -0.15) is 0 Å². The van der Waals surface area contributed by atoms with Crippen LogP contribution in [0.3, 0.4) is 0 Å². The second-order valence-electron chi connectivity index (χ2n) is 6.81. The molecule has 0 spiro atoms. The van der Waals surface area contributed by atoms with Gasteiger partial charge in [-0.1, -0.05) is 45.9 Å². The first-order valence-electron chi connectivity index (χ1n) is 6.96. The van der Waals surface area contributed by atoms with Crippen molar-refractivity contribution in [3.8, 4) is 0 Å². The molecule has 0 N–H and O–H groups in total. The van der Waals surface area contributed by atoms with E-state index >= 15 is 0 Å². The topological polar surface area (TPSA) is 26.3 Å². The van der Waals surface area contributed by atoms with Crippen molar-refractivity contribution >= 4 is 14.6 Å². The third-order valence-electron chi connectivity index (χ3n) is 4.03. The summed E-state index contributed by atoms with van der Waals surface area (Å²) in [5.74, 6) is -0.102. The van der Waals surface area contributed by atoms with E-state index in [9.17, 15) is 4.79 Å². The Morgan fingerprint density at radius 3 is 2.26 bits per heavy atom. The van der Waals surface area contributed by atoms with Crippen molar-refractivity contribution in [1.82, 2.24) is 0 Å². The highest BCUT2D eigenvalue weighted by molar-refractivity contribution is 6.74. The van der Waals surface area contributed by atoms with Gasteiger partial charge >= 0.3 is 0 Å². The average molecular weight is 282 g/mol. The molecular formula is C16H30O2Si. The minimum atomic E-state index is -1.79. The van der Waals surface area contributed by atoms with Crippen LogP contribution in [0.25, 0.3) is 0 Å². The Morgan fingerprint density at radius 2 is 1.89 bits per heavy atom. The van der Waals surface area contributed by atoms with Crippen LogP contribution in [0.15, 0.2) is 24.8 Å². The monoisotopic (exact) mass is 282 g/mol. The summed E-state index contributed by atoms with van der Waals surface area (Å²) < 4.78 is 6.40. The molecule has 110 valence electrons. The second kappa shape index (κ2) is 7.20. The molecule has 0 aromatic heterocycles. The van der Waals surface area contributed by atoms with E-state index in [1.54, 1.807) is 0 Å². The third-order valence-corrected chi connectivity index (χ3v) is 8.57. The summed E-state index contributed by atoms with van der Waals surface area (Å²) in [6.45, 7) is 20.9. The Labute approximate surface area is 120 Å². The number of hydrogen-bond acceptors (Lipinski definition) is 2. The molecule has 0 saturated heterocycles. The van der Waals surface area contributed by atoms with Crippen molar-refractivity contribution in [2.24, 2.45) is 5.92 Å². The first-order valence-corrected chi connectivity index (χ1v) is 9.87. The fourth-order valence-corrected chi connectivity index (χ4v) is 2.89. The maximum atomic E-state index is 10.8. The molecule has 0 saturated carbocycles. The van der Waals surface area contributed by atoms with Crippen LogP contribution in [0.4, 0.5) is 0 Å². The van der Waals surface area contributed by atoms with E-state index in [1.165, 1.54) is 0 Å². The Balaban J connectivity index is 4.80. The molecule has 0 bridgehead atoms. The SMILES string of the molecule is C=CC[C@@H](CC(=C)[C@H](C)C=O)O[Si](C)(C)C(C)(C)C. The van der Waals surface area contributed by atoms with Gasteiger partial charge in [0, 0.05) is 5.92 Å². The van der Waals surface area contributed by atoms with Crippen molar-refractivity contribution in [2.75, 3.05) is 0 Å². The zero-order chi connectivity index (χ0) is 15.3. The highest BCUT2D eigenvalue weighted by Gasteiger charge is 2.39. The van der Waals surface area contributed by atoms with Gasteiger partial charge in [0.15, 0.2) is 8.32 Å². The lowest BCUT2D eigenvalue weighted by atomic mass is 9.97. The van der Waals surface area contributed by atoms with Crippen LogP contribution in [0.5, 0.6) is 0 Å². The smallest absolute Gasteiger partial charge is 0.192 e. The second-order valence-corrected chi connectivity index (χ2v) is 11.6. The number of hydrogen-bond donors (Lipinski definition) is 0. The van der Waals surface area contributed by atoms with Crippen LogP contribution in [-0.2, 0) is 9.22 Å². The molecule has 0 rings (SSSR count). The van der Waals surface area contributed by atoms with Crippen LogP contribution < -0.4 is 0 Å². The molecule has 0 aliphatic carbocycles. The summed E-state index contributed by atoms with van der Waals surface area (Å²) >= 11 is 0. The normalized spacial score (nSPS) is 15.7. The van der Waals surface area contributed by atoms with Crippen molar-refractivity contribution < 1.29 is 9.22 Å². The molecule has 0 fully saturated rings. The van der Waals surface area contributed by atoms with Gasteiger partial charge in [0.1, 0.15) is 6.29 Å². The maximum absolute atomic E-state index is 10.8. The quantitative estimate of drug-likeness (QED) is 0.365. The van der Waals surface area contributed by atoms with E-state index in [0.29, 0.717) is 0 Å². The lowest BCUT2D eigenvalue weighted by Crippen LogP contribution is -2.44. The molecule has 2 atom stereocenters. The molecule has 0 aliphatic rings. The summed E-state index contributed by atoms with van der Waals surface area (Å²) in [6, 6.07) is 0. The molecule has 0 amide bonds. The zero-order valence-electron chi connectivity index (χ0n) is 13.5. The summed E-state index contributed by atoms with van der Waals surface area (Å²) in [5, 5.41) is 0.185. The Morgan fingerprint density at radius 1 is 1.37 bits per heavy atom. The van der Waals surface area contributed by atoms with E-state index < -0.39 is 8.32 Å². The summed E-state index contributed by atoms with van der Waals surface area (Å²) in [4.78, 5) is 10.8. The number of carbonyl (C=O) groups excluding carboxylic acids is 1. The van der Waals surface area contributed by atoms with Crippen molar-refractivity contribution in [3.05, 3.63) is 24.8 Å². The molecule has 0 heterocycles. The van der Waals surface area contributed by atoms with Crippen LogP contribution in [0.2, 0.25) is 18.1 Å². The highest BCUT2D eigenvalue weighted by atomic mass is 28.4. The first-order chi connectivity index (χ1) is 8.55. The maximum Gasteiger partial charge on any atom is 0.192 e. The predicted octanol–water partition coefficient (Wildman–Crippen LogP) is 4.73. The largest absolute Gasteiger partial charge is 0.413 e. The summed E-state index contributed by atoms with van der Waals surface area (Å²) in [7, 11) is -1.79. The molecule has 0 unspecified atom stereocenters. The molecule has 0 aromatic rings. The van der Waals surface area contributed by atoms with Gasteiger partial charge in [-0.25, -0.2) is 0 Å². The van der Waals surface area contributed by atoms with Gasteiger partial charge in [-0.05, 0) is 31.0 Å². The van der Waals surface area contributed by atoms with Gasteiger partial charge in [0.2, 0.25) is 0 Å². The molecule has 2 nitrogen and oxygen atoms in total. The van der Waals surface area contributed by atoms with Crippen molar-refractivity contribution in [1.29, 1.82) is 0 Å². The van der Waals surface area contributed by atoms with E-state index in [0.717, 1.165) is 24.7 Å². The summed E-state index contributed by atoms with van der Waals surface area (Å²) in [5.41, 5.74) is 0.945. The van der Waals surface area contributed by atoms with Gasteiger partial charge in [0.05, 0.1) is 6.10 Å². The number of aldehydes is 1. The standard InChI is InChI=1S/C16H30O2Si/c1-9-10-15(11-13(2)14(3)12-17)18-19(7,8)16(4,5)6/h9,12,14-15H,1-2,10-11H2,3-8H3/t14-,15+/m1/s1. The first kappa shape index (κ1) is 18.3. The van der Waals surface area contributed by atoms with Gasteiger partial charge in [-0.15, -0.1) is 6.58 Å². The predicted molar refractivity (Wildman–Crippen MR) is 85.9 cm³/mol. The van der Waals surface area contributed by atoms with Crippen molar-refractivity contribution in [2.45, 2.75) is 64.8 Å². The molecule has 0 aromatic carbocycles. The molecular weight excluding hydrogens is 252 g/mol. The average Bonchev–Trinajstić information content (AvgIpc) is 2.26. The molecule has 3 heteroatoms. The van der Waals surface area contributed by atoms with Crippen LogP contribution in [0.1, 0.15) is 40.5 Å². The van der Waals surface area contributed by atoms with E-state index in [-0.39, 0.29) is 17.1 Å². The number of carbonyl (C=O) groups is 1. The Bertz CT molecular complexity index is 326. The van der Waals surface area contributed by atoms with E-state index in [2.05, 4.69) is 47.0 Å². The highest BCUT2D eigenvalue weighted by Crippen LogP contribution is 2.38. The third kappa shape index (κ3) is 5.87. The Hall–Kier alpha value is -0.673. The van der Waals surface area contributed by atoms with Crippen LogP contribution >= 0.6 is 0 Å². The number of rotatable bonds is 8. The van der Waals surface area contributed by atoms with Crippen molar-refractivity contribution in [3.63, 3.8) is 0 Å². The van der Waals surface area contributed by atoms with Gasteiger partial charge in [0.25, 0.3) is 0 Å². The fraction of sp³-hybridized carbons (Fsp3) is 0.688. The fourth-order valence-electron chi connectivity index (χ4n) is 1.53.